The van der Waals surface area contributed by atoms with E-state index in [0.29, 0.717) is 17.3 Å². The van der Waals surface area contributed by atoms with E-state index in [4.69, 9.17) is 4.42 Å². The maximum Gasteiger partial charge on any atom is 0.291 e. The molecule has 3 aromatic rings. The van der Waals surface area contributed by atoms with Crippen LogP contribution in [0, 0.1) is 0 Å². The molecular formula is C25H27N3O3. The first-order valence-electron chi connectivity index (χ1n) is 10.6. The number of amides is 2. The van der Waals surface area contributed by atoms with Gasteiger partial charge in [-0.1, -0.05) is 30.3 Å². The van der Waals surface area contributed by atoms with Crippen LogP contribution in [-0.4, -0.2) is 35.8 Å². The van der Waals surface area contributed by atoms with E-state index in [-0.39, 0.29) is 23.6 Å². The lowest BCUT2D eigenvalue weighted by Gasteiger charge is -2.36. The third-order valence-corrected chi connectivity index (χ3v) is 5.84. The van der Waals surface area contributed by atoms with Gasteiger partial charge in [0.05, 0.1) is 6.26 Å². The van der Waals surface area contributed by atoms with Crippen LogP contribution >= 0.6 is 0 Å². The van der Waals surface area contributed by atoms with Gasteiger partial charge in [0.15, 0.2) is 5.76 Å². The van der Waals surface area contributed by atoms with Gasteiger partial charge in [-0.2, -0.15) is 0 Å². The number of likely N-dealkylation sites (tertiary alicyclic amines) is 1. The van der Waals surface area contributed by atoms with Gasteiger partial charge in [-0.3, -0.25) is 14.5 Å². The quantitative estimate of drug-likeness (QED) is 0.620. The summed E-state index contributed by atoms with van der Waals surface area (Å²) in [6.07, 6.45) is 3.32. The summed E-state index contributed by atoms with van der Waals surface area (Å²) in [5.74, 6) is -0.160. The van der Waals surface area contributed by atoms with E-state index >= 15 is 0 Å². The molecule has 4 rings (SSSR count). The van der Waals surface area contributed by atoms with Gasteiger partial charge in [0.2, 0.25) is 0 Å². The molecule has 1 aliphatic rings. The van der Waals surface area contributed by atoms with Crippen LogP contribution in [-0.2, 0) is 0 Å². The molecule has 2 aromatic carbocycles. The van der Waals surface area contributed by atoms with Gasteiger partial charge in [0.25, 0.3) is 11.8 Å². The number of carbonyl (C=O) groups excluding carboxylic acids is 2. The molecular weight excluding hydrogens is 390 g/mol. The summed E-state index contributed by atoms with van der Waals surface area (Å²) in [6.45, 7) is 4.15. The molecule has 0 radical (unpaired) electrons. The van der Waals surface area contributed by atoms with Crippen LogP contribution in [0.15, 0.2) is 77.4 Å². The third kappa shape index (κ3) is 5.22. The first kappa shape index (κ1) is 20.9. The Morgan fingerprint density at radius 1 is 0.935 bits per heavy atom. The third-order valence-electron chi connectivity index (χ3n) is 5.84. The highest BCUT2D eigenvalue weighted by molar-refractivity contribution is 6.02. The van der Waals surface area contributed by atoms with Crippen LogP contribution in [0.3, 0.4) is 0 Å². The molecule has 160 valence electrons. The molecule has 1 saturated heterocycles. The standard InChI is InChI=1S/C25H27N3O3/c1-18(19-6-3-2-4-7-19)28-15-13-22(14-16-28)26-24(29)20-9-11-21(12-10-20)27-25(30)23-8-5-17-31-23/h2-12,17-18,22H,13-16H2,1H3,(H,26,29)(H,27,30). The molecule has 31 heavy (non-hydrogen) atoms. The van der Waals surface area contributed by atoms with Crippen LogP contribution in [0.5, 0.6) is 0 Å². The van der Waals surface area contributed by atoms with Gasteiger partial charge < -0.3 is 15.1 Å². The zero-order valence-corrected chi connectivity index (χ0v) is 17.6. The summed E-state index contributed by atoms with van der Waals surface area (Å²) in [4.78, 5) is 27.1. The molecule has 2 N–H and O–H groups in total. The topological polar surface area (TPSA) is 74.6 Å². The van der Waals surface area contributed by atoms with E-state index in [9.17, 15) is 9.59 Å². The van der Waals surface area contributed by atoms with Crippen molar-refractivity contribution < 1.29 is 14.0 Å². The Morgan fingerprint density at radius 2 is 1.65 bits per heavy atom. The van der Waals surface area contributed by atoms with Crippen molar-refractivity contribution in [3.05, 3.63) is 89.9 Å². The number of hydrogen-bond donors (Lipinski definition) is 2. The van der Waals surface area contributed by atoms with Crippen molar-refractivity contribution in [2.75, 3.05) is 18.4 Å². The van der Waals surface area contributed by atoms with Gasteiger partial charge in [-0.25, -0.2) is 0 Å². The van der Waals surface area contributed by atoms with Crippen molar-refractivity contribution in [1.82, 2.24) is 10.2 Å². The summed E-state index contributed by atoms with van der Waals surface area (Å²) in [5.41, 5.74) is 2.52. The molecule has 1 atom stereocenters. The molecule has 2 heterocycles. The minimum absolute atomic E-state index is 0.0848. The lowest BCUT2D eigenvalue weighted by atomic mass is 10.00. The normalized spacial score (nSPS) is 15.9. The van der Waals surface area contributed by atoms with Crippen LogP contribution in [0.4, 0.5) is 5.69 Å². The Bertz CT molecular complexity index is 992. The average Bonchev–Trinajstić information content (AvgIpc) is 3.35. The molecule has 2 amide bonds. The van der Waals surface area contributed by atoms with Crippen LogP contribution in [0.1, 0.15) is 52.3 Å². The second kappa shape index (κ2) is 9.62. The fourth-order valence-corrected chi connectivity index (χ4v) is 3.95. The number of carbonyl (C=O) groups is 2. The number of benzene rings is 2. The van der Waals surface area contributed by atoms with Gasteiger partial charge >= 0.3 is 0 Å². The number of rotatable bonds is 6. The van der Waals surface area contributed by atoms with Gasteiger partial charge in [0, 0.05) is 36.4 Å². The Balaban J connectivity index is 1.26. The van der Waals surface area contributed by atoms with E-state index in [1.807, 2.05) is 6.07 Å². The van der Waals surface area contributed by atoms with Gasteiger partial charge in [-0.05, 0) is 61.7 Å². The lowest BCUT2D eigenvalue weighted by Crippen LogP contribution is -2.45. The number of nitrogens with one attached hydrogen (secondary N) is 2. The molecule has 6 heteroatoms. The summed E-state index contributed by atoms with van der Waals surface area (Å²) in [7, 11) is 0. The summed E-state index contributed by atoms with van der Waals surface area (Å²) in [5, 5.41) is 5.90. The zero-order valence-electron chi connectivity index (χ0n) is 17.6. The zero-order chi connectivity index (χ0) is 21.6. The fourth-order valence-electron chi connectivity index (χ4n) is 3.95. The van der Waals surface area contributed by atoms with Gasteiger partial charge in [0.1, 0.15) is 0 Å². The van der Waals surface area contributed by atoms with E-state index < -0.39 is 0 Å². The van der Waals surface area contributed by atoms with Crippen LogP contribution < -0.4 is 10.6 Å². The van der Waals surface area contributed by atoms with E-state index in [1.54, 1.807) is 36.4 Å². The SMILES string of the molecule is CC(c1ccccc1)N1CCC(NC(=O)c2ccc(NC(=O)c3ccco3)cc2)CC1. The number of hydrogen-bond acceptors (Lipinski definition) is 4. The molecule has 1 aromatic heterocycles. The predicted octanol–water partition coefficient (Wildman–Crippen LogP) is 4.49. The number of nitrogens with zero attached hydrogens (tertiary/aromatic N) is 1. The van der Waals surface area contributed by atoms with Crippen molar-refractivity contribution in [2.45, 2.75) is 31.8 Å². The van der Waals surface area contributed by atoms with Crippen molar-refractivity contribution in [2.24, 2.45) is 0 Å². The minimum atomic E-state index is -0.321. The minimum Gasteiger partial charge on any atom is -0.459 e. The van der Waals surface area contributed by atoms with Crippen molar-refractivity contribution in [1.29, 1.82) is 0 Å². The Hall–Kier alpha value is -3.38. The average molecular weight is 418 g/mol. The molecule has 0 saturated carbocycles. The smallest absolute Gasteiger partial charge is 0.291 e. The van der Waals surface area contributed by atoms with E-state index in [0.717, 1.165) is 25.9 Å². The first-order chi connectivity index (χ1) is 15.1. The highest BCUT2D eigenvalue weighted by atomic mass is 16.3. The van der Waals surface area contributed by atoms with E-state index in [2.05, 4.69) is 46.7 Å². The van der Waals surface area contributed by atoms with Crippen molar-refractivity contribution in [3.63, 3.8) is 0 Å². The molecule has 6 nitrogen and oxygen atoms in total. The maximum absolute atomic E-state index is 12.6. The van der Waals surface area contributed by atoms with Crippen LogP contribution in [0.2, 0.25) is 0 Å². The molecule has 1 aliphatic heterocycles. The molecule has 0 aliphatic carbocycles. The van der Waals surface area contributed by atoms with Crippen LogP contribution in [0.25, 0.3) is 0 Å². The highest BCUT2D eigenvalue weighted by Crippen LogP contribution is 2.24. The molecule has 0 bridgehead atoms. The second-order valence-electron chi connectivity index (χ2n) is 7.88. The van der Waals surface area contributed by atoms with Crippen molar-refractivity contribution >= 4 is 17.5 Å². The maximum atomic E-state index is 12.6. The monoisotopic (exact) mass is 417 g/mol. The Kier molecular flexibility index (Phi) is 6.48. The Morgan fingerprint density at radius 3 is 2.29 bits per heavy atom. The van der Waals surface area contributed by atoms with Gasteiger partial charge in [-0.15, -0.1) is 0 Å². The predicted molar refractivity (Wildman–Crippen MR) is 120 cm³/mol. The summed E-state index contributed by atoms with van der Waals surface area (Å²) < 4.78 is 5.08. The first-order valence-corrected chi connectivity index (χ1v) is 10.6. The number of furan rings is 1. The lowest BCUT2D eigenvalue weighted by molar-refractivity contribution is 0.0895. The Labute approximate surface area is 182 Å². The number of anilines is 1. The van der Waals surface area contributed by atoms with E-state index in [1.165, 1.54) is 11.8 Å². The number of piperidine rings is 1. The summed E-state index contributed by atoms with van der Waals surface area (Å²) in [6, 6.07) is 21.2. The largest absolute Gasteiger partial charge is 0.459 e. The summed E-state index contributed by atoms with van der Waals surface area (Å²) >= 11 is 0. The highest BCUT2D eigenvalue weighted by Gasteiger charge is 2.24. The molecule has 1 fully saturated rings. The van der Waals surface area contributed by atoms with Crippen molar-refractivity contribution in [3.8, 4) is 0 Å². The molecule has 1 unspecified atom stereocenters. The molecule has 0 spiro atoms. The second-order valence-corrected chi connectivity index (χ2v) is 7.88. The fraction of sp³-hybridized carbons (Fsp3) is 0.280.